The monoisotopic (exact) mass is 519 g/mol. The van der Waals surface area contributed by atoms with Gasteiger partial charge in [0, 0.05) is 43.3 Å². The van der Waals surface area contributed by atoms with Crippen molar-refractivity contribution in [3.63, 3.8) is 0 Å². The number of piperidine rings is 1. The van der Waals surface area contributed by atoms with Gasteiger partial charge in [0.1, 0.15) is 11.6 Å². The van der Waals surface area contributed by atoms with Gasteiger partial charge in [-0.05, 0) is 61.2 Å². The van der Waals surface area contributed by atoms with Crippen molar-refractivity contribution in [2.24, 2.45) is 0 Å². The molecule has 1 fully saturated rings. The van der Waals surface area contributed by atoms with Crippen LogP contribution >= 0.6 is 0 Å². The average molecular weight is 520 g/mol. The maximum Gasteiger partial charge on any atom is 0.253 e. The molecule has 2 heterocycles. The Labute approximate surface area is 218 Å². The predicted octanol–water partition coefficient (Wildman–Crippen LogP) is 4.51. The van der Waals surface area contributed by atoms with E-state index in [0.29, 0.717) is 60.9 Å². The topological polar surface area (TPSA) is 100 Å². The van der Waals surface area contributed by atoms with Crippen LogP contribution in [0.3, 0.4) is 0 Å². The van der Waals surface area contributed by atoms with E-state index in [1.54, 1.807) is 54.3 Å². The fourth-order valence-electron chi connectivity index (χ4n) is 4.84. The Morgan fingerprint density at radius 3 is 2.29 bits per heavy atom. The van der Waals surface area contributed by atoms with E-state index in [-0.39, 0.29) is 24.1 Å². The summed E-state index contributed by atoms with van der Waals surface area (Å²) >= 11 is 0. The highest BCUT2D eigenvalue weighted by Gasteiger charge is 2.44. The van der Waals surface area contributed by atoms with Gasteiger partial charge in [-0.15, -0.1) is 0 Å². The van der Waals surface area contributed by atoms with Gasteiger partial charge < -0.3 is 14.8 Å². The van der Waals surface area contributed by atoms with Crippen LogP contribution < -0.4 is 10.9 Å². The molecule has 38 heavy (non-hydrogen) atoms. The highest BCUT2D eigenvalue weighted by Crippen LogP contribution is 2.36. The molecule has 0 atom stereocenters. The number of hydrogen-bond acceptors (Lipinski definition) is 6. The summed E-state index contributed by atoms with van der Waals surface area (Å²) in [6.07, 6.45) is 4.38. The molecule has 0 bridgehead atoms. The molecule has 0 unspecified atom stereocenters. The lowest BCUT2D eigenvalue weighted by Gasteiger charge is -2.41. The predicted molar refractivity (Wildman–Crippen MR) is 135 cm³/mol. The van der Waals surface area contributed by atoms with Crippen molar-refractivity contribution in [2.75, 3.05) is 13.1 Å². The smallest absolute Gasteiger partial charge is 0.253 e. The van der Waals surface area contributed by atoms with Gasteiger partial charge >= 0.3 is 0 Å². The number of hydrazine groups is 1. The van der Waals surface area contributed by atoms with Gasteiger partial charge in [0.05, 0.1) is 5.41 Å². The number of aryl methyl sites for hydroxylation is 1. The number of carbonyl (C=O) groups is 2. The molecular formula is C28H27F2N5O3. The van der Waals surface area contributed by atoms with Crippen molar-refractivity contribution in [2.45, 2.75) is 38.0 Å². The number of amides is 2. The van der Waals surface area contributed by atoms with Crippen LogP contribution in [-0.4, -0.2) is 39.9 Å². The van der Waals surface area contributed by atoms with E-state index < -0.39 is 11.2 Å². The second kappa shape index (κ2) is 10.6. The van der Waals surface area contributed by atoms with E-state index >= 15 is 0 Å². The zero-order chi connectivity index (χ0) is 26.7. The van der Waals surface area contributed by atoms with Crippen LogP contribution in [0.4, 0.5) is 8.78 Å². The van der Waals surface area contributed by atoms with Gasteiger partial charge in [0.15, 0.2) is 0 Å². The van der Waals surface area contributed by atoms with E-state index in [0.717, 1.165) is 5.56 Å². The number of hydrogen-bond donors (Lipinski definition) is 2. The SMILES string of the molecule is Cc1nc(-c2ccc(C(=O)N3CCC(C(=O)NNC4=CC=C(F)CC4)(c4ccc(F)cc4)CC3)cc2)no1. The second-order valence-corrected chi connectivity index (χ2v) is 9.48. The highest BCUT2D eigenvalue weighted by atomic mass is 19.1. The van der Waals surface area contributed by atoms with E-state index in [4.69, 9.17) is 4.52 Å². The van der Waals surface area contributed by atoms with Crippen LogP contribution in [0.2, 0.25) is 0 Å². The van der Waals surface area contributed by atoms with Crippen molar-refractivity contribution < 1.29 is 22.9 Å². The third-order valence-corrected chi connectivity index (χ3v) is 7.09. The van der Waals surface area contributed by atoms with Crippen LogP contribution in [0.1, 0.15) is 47.5 Å². The maximum absolute atomic E-state index is 13.7. The Kier molecular flexibility index (Phi) is 7.04. The number of aromatic nitrogens is 2. The quantitative estimate of drug-likeness (QED) is 0.465. The number of halogens is 2. The van der Waals surface area contributed by atoms with Crippen molar-refractivity contribution in [3.05, 3.63) is 95.0 Å². The van der Waals surface area contributed by atoms with Gasteiger partial charge in [-0.3, -0.25) is 15.0 Å². The molecule has 1 aromatic heterocycles. The molecule has 5 rings (SSSR count). The lowest BCUT2D eigenvalue weighted by atomic mass is 9.72. The van der Waals surface area contributed by atoms with E-state index in [1.165, 1.54) is 18.2 Å². The van der Waals surface area contributed by atoms with Gasteiger partial charge in [-0.1, -0.05) is 29.4 Å². The first-order chi connectivity index (χ1) is 18.3. The Balaban J connectivity index is 1.30. The number of likely N-dealkylation sites (tertiary alicyclic amines) is 1. The fraction of sp³-hybridized carbons (Fsp3) is 0.286. The van der Waals surface area contributed by atoms with Crippen molar-refractivity contribution in [1.82, 2.24) is 25.9 Å². The summed E-state index contributed by atoms with van der Waals surface area (Å²) < 4.78 is 32.0. The zero-order valence-corrected chi connectivity index (χ0v) is 20.8. The Hall–Kier alpha value is -4.34. The normalized spacial score (nSPS) is 16.9. The highest BCUT2D eigenvalue weighted by molar-refractivity contribution is 5.95. The first-order valence-electron chi connectivity index (χ1n) is 12.4. The molecule has 2 amide bonds. The van der Waals surface area contributed by atoms with E-state index in [2.05, 4.69) is 21.0 Å². The minimum Gasteiger partial charge on any atom is -0.339 e. The van der Waals surface area contributed by atoms with Crippen LogP contribution in [0.15, 0.2) is 76.7 Å². The minimum atomic E-state index is -0.964. The van der Waals surface area contributed by atoms with Gasteiger partial charge in [-0.2, -0.15) is 4.98 Å². The first kappa shape index (κ1) is 25.3. The maximum atomic E-state index is 13.7. The Morgan fingerprint density at radius 2 is 1.68 bits per heavy atom. The van der Waals surface area contributed by atoms with Crippen molar-refractivity contribution in [1.29, 1.82) is 0 Å². The number of carbonyl (C=O) groups excluding carboxylic acids is 2. The third kappa shape index (κ3) is 5.20. The number of nitrogens with one attached hydrogen (secondary N) is 2. The summed E-state index contributed by atoms with van der Waals surface area (Å²) in [6.45, 7) is 2.39. The Morgan fingerprint density at radius 1 is 0.974 bits per heavy atom. The van der Waals surface area contributed by atoms with Gasteiger partial charge in [0.2, 0.25) is 17.6 Å². The fourth-order valence-corrected chi connectivity index (χ4v) is 4.84. The number of nitrogens with zero attached hydrogens (tertiary/aromatic N) is 3. The summed E-state index contributed by atoms with van der Waals surface area (Å²) in [5.74, 6) is -0.121. The van der Waals surface area contributed by atoms with Gasteiger partial charge in [-0.25, -0.2) is 8.78 Å². The molecule has 2 N–H and O–H groups in total. The molecule has 3 aromatic rings. The van der Waals surface area contributed by atoms with E-state index in [9.17, 15) is 18.4 Å². The lowest BCUT2D eigenvalue weighted by Crippen LogP contribution is -2.55. The third-order valence-electron chi connectivity index (χ3n) is 7.09. The molecule has 196 valence electrons. The number of benzene rings is 2. The molecular weight excluding hydrogens is 492 g/mol. The minimum absolute atomic E-state index is 0.145. The molecule has 2 aromatic carbocycles. The molecule has 1 aliphatic heterocycles. The average Bonchev–Trinajstić information content (AvgIpc) is 3.39. The largest absolute Gasteiger partial charge is 0.339 e. The summed E-state index contributed by atoms with van der Waals surface area (Å²) in [5, 5.41) is 3.89. The summed E-state index contributed by atoms with van der Waals surface area (Å²) in [5.41, 5.74) is 7.33. The molecule has 2 aliphatic rings. The standard InChI is InChI=1S/C28H27F2N5O3/c1-18-31-25(34-38-18)19-2-4-20(5-3-19)26(36)35-16-14-28(15-17-35,21-6-8-22(29)9-7-21)27(37)33-32-24-12-10-23(30)11-13-24/h2-10,12,32H,11,13-17H2,1H3,(H,33,37). The lowest BCUT2D eigenvalue weighted by molar-refractivity contribution is -0.129. The van der Waals surface area contributed by atoms with Crippen LogP contribution in [0.5, 0.6) is 0 Å². The first-order valence-corrected chi connectivity index (χ1v) is 12.4. The van der Waals surface area contributed by atoms with Gasteiger partial charge in [0.25, 0.3) is 5.91 Å². The zero-order valence-electron chi connectivity index (χ0n) is 20.8. The summed E-state index contributed by atoms with van der Waals surface area (Å²) in [7, 11) is 0. The molecule has 0 radical (unpaired) electrons. The Bertz CT molecular complexity index is 1390. The summed E-state index contributed by atoms with van der Waals surface area (Å²) in [4.78, 5) is 32.7. The van der Waals surface area contributed by atoms with E-state index in [1.807, 2.05) is 0 Å². The molecule has 1 aliphatic carbocycles. The second-order valence-electron chi connectivity index (χ2n) is 9.48. The molecule has 1 saturated heterocycles. The number of allylic oxidation sites excluding steroid dienone is 4. The summed E-state index contributed by atoms with van der Waals surface area (Å²) in [6, 6.07) is 12.9. The van der Waals surface area contributed by atoms with Crippen LogP contribution in [0, 0.1) is 12.7 Å². The van der Waals surface area contributed by atoms with Crippen LogP contribution in [-0.2, 0) is 10.2 Å². The molecule has 0 spiro atoms. The van der Waals surface area contributed by atoms with Crippen LogP contribution in [0.25, 0.3) is 11.4 Å². The molecule has 8 nitrogen and oxygen atoms in total. The number of rotatable bonds is 6. The van der Waals surface area contributed by atoms with Crippen molar-refractivity contribution in [3.8, 4) is 11.4 Å². The molecule has 10 heteroatoms. The van der Waals surface area contributed by atoms with Crippen molar-refractivity contribution >= 4 is 11.8 Å². The molecule has 0 saturated carbocycles.